The Kier molecular flexibility index (Phi) is 8.41. The molecule has 25 heavy (non-hydrogen) atoms. The molecule has 6 nitrogen and oxygen atoms in total. The zero-order valence-electron chi connectivity index (χ0n) is 16.0. The molecule has 0 aliphatic carbocycles. The number of rotatable bonds is 8. The Bertz CT molecular complexity index is 546. The molecule has 1 aromatic rings. The van der Waals surface area contributed by atoms with Gasteiger partial charge in [-0.2, -0.15) is 0 Å². The van der Waals surface area contributed by atoms with E-state index in [-0.39, 0.29) is 5.91 Å². The first kappa shape index (κ1) is 21.0. The maximum Gasteiger partial charge on any atom is 0.412 e. The van der Waals surface area contributed by atoms with Crippen molar-refractivity contribution in [3.05, 3.63) is 29.8 Å². The first-order valence-corrected chi connectivity index (χ1v) is 8.81. The van der Waals surface area contributed by atoms with Crippen molar-refractivity contribution >= 4 is 17.7 Å². The summed E-state index contributed by atoms with van der Waals surface area (Å²) in [6.45, 7) is 13.1. The topological polar surface area (TPSA) is 70.7 Å². The normalized spacial score (nSPS) is 11.3. The minimum Gasteiger partial charge on any atom is -0.444 e. The smallest absolute Gasteiger partial charge is 0.412 e. The van der Waals surface area contributed by atoms with Gasteiger partial charge < -0.3 is 15.0 Å². The van der Waals surface area contributed by atoms with Crippen LogP contribution in [0.4, 0.5) is 10.5 Å². The molecule has 0 aromatic heterocycles. The van der Waals surface area contributed by atoms with Crippen molar-refractivity contribution in [2.45, 2.75) is 46.6 Å². The van der Waals surface area contributed by atoms with E-state index < -0.39 is 11.7 Å². The highest BCUT2D eigenvalue weighted by molar-refractivity contribution is 5.85. The number of nitrogens with zero attached hydrogens (tertiary/aromatic N) is 1. The molecule has 2 N–H and O–H groups in total. The van der Waals surface area contributed by atoms with Gasteiger partial charge >= 0.3 is 6.09 Å². The third kappa shape index (κ3) is 9.10. The van der Waals surface area contributed by atoms with Gasteiger partial charge in [-0.1, -0.05) is 26.0 Å². The van der Waals surface area contributed by atoms with Crippen molar-refractivity contribution in [2.24, 2.45) is 0 Å². The van der Waals surface area contributed by atoms with E-state index in [1.807, 2.05) is 32.9 Å². The highest BCUT2D eigenvalue weighted by Gasteiger charge is 2.16. The molecule has 0 radical (unpaired) electrons. The zero-order chi connectivity index (χ0) is 18.9. The second kappa shape index (κ2) is 10.0. The summed E-state index contributed by atoms with van der Waals surface area (Å²) in [4.78, 5) is 25.9. The largest absolute Gasteiger partial charge is 0.444 e. The third-order valence-corrected chi connectivity index (χ3v) is 3.61. The Morgan fingerprint density at radius 1 is 1.08 bits per heavy atom. The second-order valence-corrected chi connectivity index (χ2v) is 6.88. The van der Waals surface area contributed by atoms with Crippen LogP contribution in [0.25, 0.3) is 0 Å². The summed E-state index contributed by atoms with van der Waals surface area (Å²) in [5, 5.41) is 5.60. The van der Waals surface area contributed by atoms with Crippen LogP contribution >= 0.6 is 0 Å². The molecule has 1 rings (SSSR count). The van der Waals surface area contributed by atoms with E-state index in [2.05, 4.69) is 29.4 Å². The Labute approximate surface area is 150 Å². The van der Waals surface area contributed by atoms with Gasteiger partial charge in [0.1, 0.15) is 5.60 Å². The molecule has 140 valence electrons. The minimum atomic E-state index is -0.534. The number of amides is 2. The van der Waals surface area contributed by atoms with Crippen molar-refractivity contribution in [2.75, 3.05) is 31.5 Å². The van der Waals surface area contributed by atoms with E-state index >= 15 is 0 Å². The van der Waals surface area contributed by atoms with Crippen LogP contribution < -0.4 is 10.6 Å². The van der Waals surface area contributed by atoms with Gasteiger partial charge in [-0.25, -0.2) is 4.79 Å². The van der Waals surface area contributed by atoms with Crippen LogP contribution in [0.1, 0.15) is 40.2 Å². The Morgan fingerprint density at radius 2 is 1.68 bits per heavy atom. The molecule has 1 aromatic carbocycles. The fourth-order valence-electron chi connectivity index (χ4n) is 2.27. The van der Waals surface area contributed by atoms with Gasteiger partial charge in [-0.05, 0) is 51.6 Å². The molecule has 0 aliphatic rings. The van der Waals surface area contributed by atoms with E-state index in [4.69, 9.17) is 4.74 Å². The standard InChI is InChI=1S/C19H31N3O3/c1-6-22(7-2)13-12-20-17(23)14-15-8-10-16(11-9-15)21-18(24)25-19(3,4)5/h8-11H,6-7,12-14H2,1-5H3,(H,20,23)(H,21,24). The number of hydrogen-bond acceptors (Lipinski definition) is 4. The highest BCUT2D eigenvalue weighted by Crippen LogP contribution is 2.13. The zero-order valence-corrected chi connectivity index (χ0v) is 16.0. The molecular weight excluding hydrogens is 318 g/mol. The van der Waals surface area contributed by atoms with E-state index in [1.54, 1.807) is 12.1 Å². The average molecular weight is 349 g/mol. The fraction of sp³-hybridized carbons (Fsp3) is 0.579. The van der Waals surface area contributed by atoms with Crippen molar-refractivity contribution < 1.29 is 14.3 Å². The van der Waals surface area contributed by atoms with E-state index in [1.165, 1.54) is 0 Å². The van der Waals surface area contributed by atoms with E-state index in [0.29, 0.717) is 18.7 Å². The van der Waals surface area contributed by atoms with Crippen LogP contribution in [0.15, 0.2) is 24.3 Å². The van der Waals surface area contributed by atoms with Crippen molar-refractivity contribution in [3.63, 3.8) is 0 Å². The Hall–Kier alpha value is -2.08. The van der Waals surface area contributed by atoms with Crippen LogP contribution in [0, 0.1) is 0 Å². The predicted octanol–water partition coefficient (Wildman–Crippen LogP) is 3.03. The second-order valence-electron chi connectivity index (χ2n) is 6.88. The SMILES string of the molecule is CCN(CC)CCNC(=O)Cc1ccc(NC(=O)OC(C)(C)C)cc1. The molecule has 0 heterocycles. The van der Waals surface area contributed by atoms with E-state index in [0.717, 1.165) is 25.2 Å². The van der Waals surface area contributed by atoms with Gasteiger partial charge in [0.05, 0.1) is 6.42 Å². The van der Waals surface area contributed by atoms with E-state index in [9.17, 15) is 9.59 Å². The molecule has 0 atom stereocenters. The third-order valence-electron chi connectivity index (χ3n) is 3.61. The molecule has 0 bridgehead atoms. The summed E-state index contributed by atoms with van der Waals surface area (Å²) in [5.74, 6) is 0.00000704. The summed E-state index contributed by atoms with van der Waals surface area (Å²) < 4.78 is 5.20. The lowest BCUT2D eigenvalue weighted by atomic mass is 10.1. The lowest BCUT2D eigenvalue weighted by molar-refractivity contribution is -0.120. The molecule has 2 amide bonds. The van der Waals surface area contributed by atoms with Gasteiger partial charge in [0.15, 0.2) is 0 Å². The summed E-state index contributed by atoms with van der Waals surface area (Å²) >= 11 is 0. The molecule has 0 saturated carbocycles. The van der Waals surface area contributed by atoms with Crippen LogP contribution in [-0.4, -0.2) is 48.7 Å². The maximum absolute atomic E-state index is 12.0. The Morgan fingerprint density at radius 3 is 2.20 bits per heavy atom. The average Bonchev–Trinajstić information content (AvgIpc) is 2.51. The number of carbonyl (C=O) groups excluding carboxylic acids is 2. The van der Waals surface area contributed by atoms with Gasteiger partial charge in [-0.15, -0.1) is 0 Å². The summed E-state index contributed by atoms with van der Waals surface area (Å²) in [5.41, 5.74) is 1.00. The number of nitrogens with one attached hydrogen (secondary N) is 2. The number of hydrogen-bond donors (Lipinski definition) is 2. The predicted molar refractivity (Wildman–Crippen MR) is 101 cm³/mol. The van der Waals surface area contributed by atoms with Crippen molar-refractivity contribution in [1.29, 1.82) is 0 Å². The molecule has 0 unspecified atom stereocenters. The molecule has 0 fully saturated rings. The number of likely N-dealkylation sites (N-methyl/N-ethyl adjacent to an activating group) is 1. The van der Waals surface area contributed by atoms with Crippen LogP contribution in [0.2, 0.25) is 0 Å². The maximum atomic E-state index is 12.0. The lowest BCUT2D eigenvalue weighted by Gasteiger charge is -2.19. The van der Waals surface area contributed by atoms with Crippen LogP contribution in [0.3, 0.4) is 0 Å². The highest BCUT2D eigenvalue weighted by atomic mass is 16.6. The summed E-state index contributed by atoms with van der Waals surface area (Å²) in [6, 6.07) is 7.19. The van der Waals surface area contributed by atoms with Gasteiger partial charge in [-0.3, -0.25) is 10.1 Å². The van der Waals surface area contributed by atoms with Gasteiger partial charge in [0.25, 0.3) is 0 Å². The number of ether oxygens (including phenoxy) is 1. The van der Waals surface area contributed by atoms with Gasteiger partial charge in [0, 0.05) is 18.8 Å². The lowest BCUT2D eigenvalue weighted by Crippen LogP contribution is -2.35. The molecule has 0 aliphatic heterocycles. The summed E-state index contributed by atoms with van der Waals surface area (Å²) in [6.07, 6.45) is -0.167. The quantitative estimate of drug-likeness (QED) is 0.757. The Balaban J connectivity index is 2.41. The first-order chi connectivity index (χ1) is 11.7. The first-order valence-electron chi connectivity index (χ1n) is 8.81. The van der Waals surface area contributed by atoms with Crippen LogP contribution in [-0.2, 0) is 16.0 Å². The molecule has 0 spiro atoms. The van der Waals surface area contributed by atoms with Crippen molar-refractivity contribution in [1.82, 2.24) is 10.2 Å². The molecule has 0 saturated heterocycles. The van der Waals surface area contributed by atoms with Crippen molar-refractivity contribution in [3.8, 4) is 0 Å². The summed E-state index contributed by atoms with van der Waals surface area (Å²) in [7, 11) is 0. The van der Waals surface area contributed by atoms with Gasteiger partial charge in [0.2, 0.25) is 5.91 Å². The monoisotopic (exact) mass is 349 g/mol. The minimum absolute atomic E-state index is 0.00000704. The number of benzene rings is 1. The molecule has 6 heteroatoms. The number of carbonyl (C=O) groups is 2. The fourth-order valence-corrected chi connectivity index (χ4v) is 2.27. The van der Waals surface area contributed by atoms with Crippen LogP contribution in [0.5, 0.6) is 0 Å². The number of anilines is 1. The molecular formula is C19H31N3O3.